The molecule has 2 atom stereocenters. The highest BCUT2D eigenvalue weighted by molar-refractivity contribution is 6.30. The number of para-hydroxylation sites is 1. The zero-order valence-corrected chi connectivity index (χ0v) is 16.0. The van der Waals surface area contributed by atoms with E-state index in [-0.39, 0.29) is 5.91 Å². The molecule has 0 heterocycles. The molecule has 0 spiro atoms. The smallest absolute Gasteiger partial charge is 0.426 e. The maximum atomic E-state index is 12.6. The van der Waals surface area contributed by atoms with Crippen molar-refractivity contribution in [3.63, 3.8) is 0 Å². The number of benzene rings is 2. The summed E-state index contributed by atoms with van der Waals surface area (Å²) in [5.41, 5.74) is -0.0518. The van der Waals surface area contributed by atoms with Gasteiger partial charge >= 0.3 is 6.18 Å². The summed E-state index contributed by atoms with van der Waals surface area (Å²) in [6.45, 7) is 3.49. The van der Waals surface area contributed by atoms with Gasteiger partial charge in [0.1, 0.15) is 16.5 Å². The predicted octanol–water partition coefficient (Wildman–Crippen LogP) is 6.37. The van der Waals surface area contributed by atoms with Crippen LogP contribution in [0.15, 0.2) is 65.7 Å². The molecule has 1 aliphatic rings. The van der Waals surface area contributed by atoms with Crippen molar-refractivity contribution in [1.82, 2.24) is 0 Å². The molecule has 1 saturated carbocycles. The molecule has 0 aliphatic heterocycles. The van der Waals surface area contributed by atoms with E-state index in [4.69, 9.17) is 16.3 Å². The van der Waals surface area contributed by atoms with Gasteiger partial charge in [0.25, 0.3) is 0 Å². The number of rotatable bonds is 5. The van der Waals surface area contributed by atoms with Gasteiger partial charge in [0.05, 0.1) is 5.92 Å². The van der Waals surface area contributed by atoms with Crippen LogP contribution in [-0.2, 0) is 4.79 Å². The lowest BCUT2D eigenvalue weighted by molar-refractivity contribution is -0.118. The molecule has 1 fully saturated rings. The third-order valence-electron chi connectivity index (χ3n) is 4.89. The van der Waals surface area contributed by atoms with Crippen LogP contribution in [0.5, 0.6) is 11.5 Å². The van der Waals surface area contributed by atoms with Crippen molar-refractivity contribution < 1.29 is 22.7 Å². The molecular weight excluding hydrogens is 391 g/mol. The lowest BCUT2D eigenvalue weighted by Gasteiger charge is -2.08. The second-order valence-corrected chi connectivity index (χ2v) is 7.67. The molecule has 1 amide bonds. The quantitative estimate of drug-likeness (QED) is 0.622. The summed E-state index contributed by atoms with van der Waals surface area (Å²) in [4.78, 5) is 12.5. The zero-order chi connectivity index (χ0) is 20.5. The minimum Gasteiger partial charge on any atom is -0.457 e. The van der Waals surface area contributed by atoms with Crippen LogP contribution in [-0.4, -0.2) is 12.1 Å². The minimum atomic E-state index is -4.60. The van der Waals surface area contributed by atoms with E-state index in [1.807, 2.05) is 30.3 Å². The molecule has 1 N–H and O–H groups in total. The molecule has 1 aliphatic carbocycles. The van der Waals surface area contributed by atoms with Crippen LogP contribution in [0.2, 0.25) is 0 Å². The molecule has 0 aromatic heterocycles. The number of nitrogens with one attached hydrogen (secondary N) is 1. The van der Waals surface area contributed by atoms with Gasteiger partial charge in [-0.2, -0.15) is 13.2 Å². The van der Waals surface area contributed by atoms with Crippen LogP contribution in [0.4, 0.5) is 18.9 Å². The molecule has 0 bridgehead atoms. The highest BCUT2D eigenvalue weighted by Crippen LogP contribution is 2.60. The second-order valence-electron chi connectivity index (χ2n) is 7.27. The van der Waals surface area contributed by atoms with Crippen LogP contribution in [0.3, 0.4) is 0 Å². The van der Waals surface area contributed by atoms with Gasteiger partial charge in [0.15, 0.2) is 0 Å². The summed E-state index contributed by atoms with van der Waals surface area (Å²) in [5.74, 6) is -0.190. The first-order valence-electron chi connectivity index (χ1n) is 8.67. The number of hydrogen-bond acceptors (Lipinski definition) is 2. The Hall–Kier alpha value is -2.47. The Balaban J connectivity index is 1.63. The van der Waals surface area contributed by atoms with Crippen molar-refractivity contribution in [2.45, 2.75) is 20.0 Å². The first kappa shape index (κ1) is 20.3. The van der Waals surface area contributed by atoms with Crippen molar-refractivity contribution in [2.24, 2.45) is 17.3 Å². The highest BCUT2D eigenvalue weighted by Gasteiger charge is 2.61. The monoisotopic (exact) mass is 409 g/mol. The number of allylic oxidation sites excluding steroid dienone is 2. The van der Waals surface area contributed by atoms with Gasteiger partial charge in [-0.25, -0.2) is 0 Å². The summed E-state index contributed by atoms with van der Waals surface area (Å²) in [6.07, 6.45) is -3.67. The zero-order valence-electron chi connectivity index (χ0n) is 15.3. The van der Waals surface area contributed by atoms with E-state index in [1.54, 1.807) is 38.1 Å². The molecule has 28 heavy (non-hydrogen) atoms. The number of halogens is 4. The normalized spacial score (nSPS) is 21.1. The largest absolute Gasteiger partial charge is 0.457 e. The van der Waals surface area contributed by atoms with E-state index in [2.05, 4.69) is 5.32 Å². The molecule has 7 heteroatoms. The fourth-order valence-corrected chi connectivity index (χ4v) is 3.33. The van der Waals surface area contributed by atoms with Gasteiger partial charge in [0, 0.05) is 5.69 Å². The van der Waals surface area contributed by atoms with Gasteiger partial charge in [-0.15, -0.1) is 0 Å². The van der Waals surface area contributed by atoms with Crippen LogP contribution < -0.4 is 10.1 Å². The van der Waals surface area contributed by atoms with E-state index >= 15 is 0 Å². The number of carbonyl (C=O) groups is 1. The van der Waals surface area contributed by atoms with Crippen LogP contribution >= 0.6 is 11.6 Å². The van der Waals surface area contributed by atoms with Gasteiger partial charge in [-0.05, 0) is 47.7 Å². The molecule has 0 saturated heterocycles. The van der Waals surface area contributed by atoms with Crippen LogP contribution in [0.25, 0.3) is 0 Å². The van der Waals surface area contributed by atoms with Crippen molar-refractivity contribution >= 4 is 23.2 Å². The average Bonchev–Trinajstić information content (AvgIpc) is 3.17. The van der Waals surface area contributed by atoms with E-state index in [0.29, 0.717) is 17.2 Å². The molecule has 148 valence electrons. The molecule has 2 unspecified atom stereocenters. The molecule has 2 aromatic carbocycles. The topological polar surface area (TPSA) is 38.3 Å². The molecule has 0 radical (unpaired) electrons. The van der Waals surface area contributed by atoms with Gasteiger partial charge in [0.2, 0.25) is 5.91 Å². The Kier molecular flexibility index (Phi) is 5.44. The van der Waals surface area contributed by atoms with E-state index in [0.717, 1.165) is 6.08 Å². The minimum absolute atomic E-state index is 0.338. The van der Waals surface area contributed by atoms with E-state index in [9.17, 15) is 18.0 Å². The number of alkyl halides is 3. The Morgan fingerprint density at radius 3 is 2.21 bits per heavy atom. The Bertz CT molecular complexity index is 877. The summed E-state index contributed by atoms with van der Waals surface area (Å²) in [5, 5.41) is 1.55. The number of hydrogen-bond donors (Lipinski definition) is 1. The summed E-state index contributed by atoms with van der Waals surface area (Å²) in [6, 6.07) is 16.0. The molecule has 3 rings (SSSR count). The maximum absolute atomic E-state index is 12.6. The van der Waals surface area contributed by atoms with Gasteiger partial charge in [-0.3, -0.25) is 4.79 Å². The van der Waals surface area contributed by atoms with Crippen LogP contribution in [0.1, 0.15) is 13.8 Å². The number of carbonyl (C=O) groups excluding carboxylic acids is 1. The van der Waals surface area contributed by atoms with Gasteiger partial charge in [-0.1, -0.05) is 49.7 Å². The lowest BCUT2D eigenvalue weighted by atomic mass is 10.1. The number of amides is 1. The Morgan fingerprint density at radius 2 is 1.64 bits per heavy atom. The van der Waals surface area contributed by atoms with Crippen molar-refractivity contribution in [3.05, 3.63) is 65.7 Å². The molecular formula is C21H19ClF3NO2. The highest BCUT2D eigenvalue weighted by atomic mass is 35.5. The third-order valence-corrected chi connectivity index (χ3v) is 5.23. The SMILES string of the molecule is CC1(C)C(C=C(Cl)C(F)(F)F)C1C(=O)Nc1ccc(Oc2ccccc2)cc1. The standard InChI is InChI=1S/C21H19ClF3NO2/c1-20(2)16(12-17(22)21(23,24)25)18(20)19(27)26-13-8-10-15(11-9-13)28-14-6-4-3-5-7-14/h3-12,16,18H,1-2H3,(H,26,27). The second kappa shape index (κ2) is 7.51. The van der Waals surface area contributed by atoms with Crippen LogP contribution in [0, 0.1) is 17.3 Å². The lowest BCUT2D eigenvalue weighted by Crippen LogP contribution is -2.16. The van der Waals surface area contributed by atoms with Crippen molar-refractivity contribution in [3.8, 4) is 11.5 Å². The Morgan fingerprint density at radius 1 is 1.07 bits per heavy atom. The third kappa shape index (κ3) is 4.50. The first-order valence-corrected chi connectivity index (χ1v) is 9.05. The van der Waals surface area contributed by atoms with Gasteiger partial charge < -0.3 is 10.1 Å². The molecule has 2 aromatic rings. The Labute approximate surface area is 166 Å². The maximum Gasteiger partial charge on any atom is 0.426 e. The van der Waals surface area contributed by atoms with E-state index in [1.165, 1.54) is 0 Å². The predicted molar refractivity (Wildman–Crippen MR) is 102 cm³/mol. The average molecular weight is 410 g/mol. The molecule has 3 nitrogen and oxygen atoms in total. The summed E-state index contributed by atoms with van der Waals surface area (Å²) in [7, 11) is 0. The van der Waals surface area contributed by atoms with E-state index < -0.39 is 28.5 Å². The first-order chi connectivity index (χ1) is 13.1. The van der Waals surface area contributed by atoms with Crippen molar-refractivity contribution in [1.29, 1.82) is 0 Å². The number of anilines is 1. The van der Waals surface area contributed by atoms with Crippen molar-refractivity contribution in [2.75, 3.05) is 5.32 Å². The summed E-state index contributed by atoms with van der Waals surface area (Å²) < 4.78 is 43.6. The number of ether oxygens (including phenoxy) is 1. The summed E-state index contributed by atoms with van der Waals surface area (Å²) >= 11 is 5.32. The fourth-order valence-electron chi connectivity index (χ4n) is 3.19. The fraction of sp³-hybridized carbons (Fsp3) is 0.286.